The third-order valence-electron chi connectivity index (χ3n) is 5.73. The molecule has 0 aromatic heterocycles. The van der Waals surface area contributed by atoms with Gasteiger partial charge in [-0.05, 0) is 43.1 Å². The highest BCUT2D eigenvalue weighted by molar-refractivity contribution is 5.87. The van der Waals surface area contributed by atoms with Gasteiger partial charge in [-0.25, -0.2) is 4.79 Å². The molecule has 1 aromatic rings. The van der Waals surface area contributed by atoms with Crippen molar-refractivity contribution in [3.05, 3.63) is 35.9 Å². The van der Waals surface area contributed by atoms with Crippen LogP contribution in [-0.2, 0) is 14.3 Å². The van der Waals surface area contributed by atoms with E-state index >= 15 is 0 Å². The third kappa shape index (κ3) is 4.40. The van der Waals surface area contributed by atoms with E-state index in [1.54, 1.807) is 0 Å². The Balaban J connectivity index is 1.50. The molecule has 1 amide bonds. The molecule has 1 aromatic carbocycles. The maximum atomic E-state index is 12.4. The molecule has 0 radical (unpaired) electrons. The van der Waals surface area contributed by atoms with Crippen molar-refractivity contribution in [2.45, 2.75) is 56.4 Å². The topological polar surface area (TPSA) is 75.6 Å². The van der Waals surface area contributed by atoms with Crippen LogP contribution in [0.1, 0.15) is 56.4 Å². The fraction of sp³-hybridized carbons (Fsp3) is 0.600. The molecule has 0 atom stereocenters. The second-order valence-electron chi connectivity index (χ2n) is 7.38. The number of ether oxygens (including phenoxy) is 1. The molecule has 1 aliphatic heterocycles. The van der Waals surface area contributed by atoms with E-state index < -0.39 is 11.5 Å². The minimum Gasteiger partial charge on any atom is -0.480 e. The average molecular weight is 345 g/mol. The third-order valence-corrected chi connectivity index (χ3v) is 5.73. The highest BCUT2D eigenvalue weighted by Gasteiger charge is 2.41. The van der Waals surface area contributed by atoms with Gasteiger partial charge < -0.3 is 15.2 Å². The van der Waals surface area contributed by atoms with Crippen LogP contribution in [-0.4, -0.2) is 35.7 Å². The molecule has 0 bridgehead atoms. The summed E-state index contributed by atoms with van der Waals surface area (Å²) in [7, 11) is 0. The normalized spacial score (nSPS) is 25.9. The fourth-order valence-electron chi connectivity index (χ4n) is 4.12. The number of benzene rings is 1. The first-order chi connectivity index (χ1) is 12.1. The van der Waals surface area contributed by atoms with E-state index in [-0.39, 0.29) is 5.91 Å². The molecule has 1 aliphatic carbocycles. The summed E-state index contributed by atoms with van der Waals surface area (Å²) in [5.74, 6) is -0.142. The zero-order valence-corrected chi connectivity index (χ0v) is 14.6. The summed E-state index contributed by atoms with van der Waals surface area (Å²) in [4.78, 5) is 24.1. The summed E-state index contributed by atoms with van der Waals surface area (Å²) in [6.07, 6.45) is 5.35. The molecule has 5 heteroatoms. The molecule has 2 fully saturated rings. The van der Waals surface area contributed by atoms with Gasteiger partial charge in [0.05, 0.1) is 0 Å². The van der Waals surface area contributed by atoms with Crippen LogP contribution in [0.4, 0.5) is 0 Å². The van der Waals surface area contributed by atoms with E-state index in [1.165, 1.54) is 5.56 Å². The molecule has 0 spiro atoms. The quantitative estimate of drug-likeness (QED) is 0.860. The van der Waals surface area contributed by atoms with Gasteiger partial charge in [0.25, 0.3) is 0 Å². The number of carbonyl (C=O) groups is 2. The highest BCUT2D eigenvalue weighted by atomic mass is 16.5. The van der Waals surface area contributed by atoms with Gasteiger partial charge in [-0.15, -0.1) is 0 Å². The summed E-state index contributed by atoms with van der Waals surface area (Å²) in [5.41, 5.74) is 0.244. The smallest absolute Gasteiger partial charge is 0.329 e. The zero-order chi connectivity index (χ0) is 17.7. The number of carboxylic acids is 1. The van der Waals surface area contributed by atoms with Gasteiger partial charge in [0.2, 0.25) is 5.91 Å². The molecule has 2 aliphatic rings. The van der Waals surface area contributed by atoms with Crippen molar-refractivity contribution >= 4 is 11.9 Å². The first-order valence-corrected chi connectivity index (χ1v) is 9.26. The molecular weight excluding hydrogens is 318 g/mol. The predicted molar refractivity (Wildman–Crippen MR) is 94.3 cm³/mol. The van der Waals surface area contributed by atoms with Crippen LogP contribution in [0.3, 0.4) is 0 Å². The molecule has 0 unspecified atom stereocenters. The molecule has 1 heterocycles. The second kappa shape index (κ2) is 8.00. The summed E-state index contributed by atoms with van der Waals surface area (Å²) in [6, 6.07) is 10.6. The van der Waals surface area contributed by atoms with Crippen molar-refractivity contribution in [3.63, 3.8) is 0 Å². The largest absolute Gasteiger partial charge is 0.480 e. The van der Waals surface area contributed by atoms with Crippen LogP contribution in [0.5, 0.6) is 0 Å². The monoisotopic (exact) mass is 345 g/mol. The summed E-state index contributed by atoms with van der Waals surface area (Å²) in [6.45, 7) is 0.767. The zero-order valence-electron chi connectivity index (χ0n) is 14.6. The Morgan fingerprint density at radius 2 is 1.72 bits per heavy atom. The number of carboxylic acid groups (broad SMARTS) is 1. The first-order valence-electron chi connectivity index (χ1n) is 9.26. The Kier molecular flexibility index (Phi) is 5.74. The minimum absolute atomic E-state index is 0.132. The molecule has 25 heavy (non-hydrogen) atoms. The number of hydrogen-bond donors (Lipinski definition) is 2. The van der Waals surface area contributed by atoms with Crippen molar-refractivity contribution in [1.82, 2.24) is 5.32 Å². The Bertz CT molecular complexity index is 587. The van der Waals surface area contributed by atoms with Gasteiger partial charge in [0.15, 0.2) is 0 Å². The van der Waals surface area contributed by atoms with Crippen molar-refractivity contribution in [2.75, 3.05) is 13.2 Å². The van der Waals surface area contributed by atoms with Gasteiger partial charge >= 0.3 is 5.97 Å². The van der Waals surface area contributed by atoms with Crippen LogP contribution >= 0.6 is 0 Å². The summed E-state index contributed by atoms with van der Waals surface area (Å²) < 4.78 is 5.25. The Hall–Kier alpha value is -1.88. The lowest BCUT2D eigenvalue weighted by molar-refractivity contribution is -0.152. The van der Waals surface area contributed by atoms with Crippen LogP contribution in [0.2, 0.25) is 0 Å². The standard InChI is InChI=1S/C20H27NO4/c22-18(21-20(19(23)24)10-12-25-13-11-20)14-15-6-8-17(9-7-15)16-4-2-1-3-5-16/h1-5,15,17H,6-14H2,(H,21,22)(H,23,24). The van der Waals surface area contributed by atoms with Crippen LogP contribution in [0, 0.1) is 5.92 Å². The lowest BCUT2D eigenvalue weighted by Gasteiger charge is -2.35. The van der Waals surface area contributed by atoms with Crippen molar-refractivity contribution in [2.24, 2.45) is 5.92 Å². The number of hydrogen-bond acceptors (Lipinski definition) is 3. The second-order valence-corrected chi connectivity index (χ2v) is 7.38. The van der Waals surface area contributed by atoms with Crippen LogP contribution < -0.4 is 5.32 Å². The van der Waals surface area contributed by atoms with Gasteiger partial charge in [-0.3, -0.25) is 4.79 Å². The maximum absolute atomic E-state index is 12.4. The molecule has 1 saturated carbocycles. The van der Waals surface area contributed by atoms with E-state index in [4.69, 9.17) is 4.74 Å². The van der Waals surface area contributed by atoms with Crippen LogP contribution in [0.25, 0.3) is 0 Å². The van der Waals surface area contributed by atoms with E-state index in [0.717, 1.165) is 25.7 Å². The lowest BCUT2D eigenvalue weighted by Crippen LogP contribution is -2.57. The molecule has 136 valence electrons. The molecular formula is C20H27NO4. The summed E-state index contributed by atoms with van der Waals surface area (Å²) >= 11 is 0. The highest BCUT2D eigenvalue weighted by Crippen LogP contribution is 2.37. The van der Waals surface area contributed by atoms with E-state index in [9.17, 15) is 14.7 Å². The average Bonchev–Trinajstić information content (AvgIpc) is 2.63. The maximum Gasteiger partial charge on any atom is 0.329 e. The van der Waals surface area contributed by atoms with E-state index in [1.807, 2.05) is 6.07 Å². The van der Waals surface area contributed by atoms with Crippen molar-refractivity contribution < 1.29 is 19.4 Å². The Labute approximate surface area is 148 Å². The number of rotatable bonds is 5. The summed E-state index contributed by atoms with van der Waals surface area (Å²) in [5, 5.41) is 12.3. The number of nitrogens with one attached hydrogen (secondary N) is 1. The minimum atomic E-state index is -1.14. The van der Waals surface area contributed by atoms with Crippen molar-refractivity contribution in [1.29, 1.82) is 0 Å². The molecule has 2 N–H and O–H groups in total. The van der Waals surface area contributed by atoms with Gasteiger partial charge in [0, 0.05) is 32.5 Å². The number of aliphatic carboxylic acids is 1. The molecule has 5 nitrogen and oxygen atoms in total. The van der Waals surface area contributed by atoms with Gasteiger partial charge in [0.1, 0.15) is 5.54 Å². The number of amides is 1. The van der Waals surface area contributed by atoms with E-state index in [2.05, 4.69) is 29.6 Å². The lowest BCUT2D eigenvalue weighted by atomic mass is 9.77. The van der Waals surface area contributed by atoms with E-state index in [0.29, 0.717) is 44.3 Å². The van der Waals surface area contributed by atoms with Crippen molar-refractivity contribution in [3.8, 4) is 0 Å². The number of carbonyl (C=O) groups excluding carboxylic acids is 1. The van der Waals surface area contributed by atoms with Crippen LogP contribution in [0.15, 0.2) is 30.3 Å². The van der Waals surface area contributed by atoms with Gasteiger partial charge in [-0.2, -0.15) is 0 Å². The SMILES string of the molecule is O=C(CC1CCC(c2ccccc2)CC1)NC1(C(=O)O)CCOCC1. The van der Waals surface area contributed by atoms with Gasteiger partial charge in [-0.1, -0.05) is 30.3 Å². The fourth-order valence-corrected chi connectivity index (χ4v) is 4.12. The predicted octanol–water partition coefficient (Wildman–Crippen LogP) is 3.10. The molecule has 3 rings (SSSR count). The Morgan fingerprint density at radius 3 is 2.32 bits per heavy atom. The Morgan fingerprint density at radius 1 is 1.08 bits per heavy atom. The molecule has 1 saturated heterocycles. The first kappa shape index (κ1) is 17.9.